The van der Waals surface area contributed by atoms with Crippen molar-refractivity contribution in [3.05, 3.63) is 39.9 Å². The van der Waals surface area contributed by atoms with Crippen molar-refractivity contribution < 1.29 is 9.90 Å². The first-order chi connectivity index (χ1) is 8.88. The Hall–Kier alpha value is -1.03. The zero-order valence-electron chi connectivity index (χ0n) is 10.9. The summed E-state index contributed by atoms with van der Waals surface area (Å²) in [5, 5.41) is 10.2. The van der Waals surface area contributed by atoms with Crippen LogP contribution in [0, 0.1) is 0 Å². The van der Waals surface area contributed by atoms with Gasteiger partial charge < -0.3 is 10.0 Å². The van der Waals surface area contributed by atoms with Crippen LogP contribution in [0.4, 0.5) is 0 Å². The van der Waals surface area contributed by atoms with Gasteiger partial charge in [-0.1, -0.05) is 23.2 Å². The van der Waals surface area contributed by atoms with Gasteiger partial charge in [0.05, 0.1) is 6.10 Å². The third-order valence-electron chi connectivity index (χ3n) is 2.56. The maximum Gasteiger partial charge on any atom is 0.246 e. The number of aliphatic hydroxyl groups is 1. The Kier molecular flexibility index (Phi) is 6.35. The second-order valence-corrected chi connectivity index (χ2v) is 5.31. The molecule has 0 aromatic heterocycles. The number of nitrogens with zero attached hydrogens (tertiary/aromatic N) is 1. The molecule has 1 aromatic rings. The summed E-state index contributed by atoms with van der Waals surface area (Å²) in [7, 11) is 1.69. The summed E-state index contributed by atoms with van der Waals surface area (Å²) in [6.45, 7) is 2.21. The van der Waals surface area contributed by atoms with Crippen molar-refractivity contribution in [2.24, 2.45) is 0 Å². The fraction of sp³-hybridized carbons (Fsp3) is 0.357. The highest BCUT2D eigenvalue weighted by Crippen LogP contribution is 2.19. The SMILES string of the molecule is CC(O)CCN(C)C(=O)/C=C/c1cc(Cl)cc(Cl)c1. The Morgan fingerprint density at radius 1 is 1.37 bits per heavy atom. The van der Waals surface area contributed by atoms with Crippen LogP contribution in [-0.4, -0.2) is 35.6 Å². The molecule has 0 spiro atoms. The number of halogens is 2. The van der Waals surface area contributed by atoms with E-state index in [1.165, 1.54) is 6.08 Å². The van der Waals surface area contributed by atoms with Crippen molar-refractivity contribution in [3.8, 4) is 0 Å². The molecule has 0 aliphatic heterocycles. The minimum Gasteiger partial charge on any atom is -0.393 e. The van der Waals surface area contributed by atoms with Crippen LogP contribution in [0.1, 0.15) is 18.9 Å². The van der Waals surface area contributed by atoms with Crippen LogP contribution < -0.4 is 0 Å². The molecule has 1 rings (SSSR count). The van der Waals surface area contributed by atoms with E-state index in [0.717, 1.165) is 5.56 Å². The molecular weight excluding hydrogens is 285 g/mol. The quantitative estimate of drug-likeness (QED) is 0.848. The lowest BCUT2D eigenvalue weighted by molar-refractivity contribution is -0.124. The van der Waals surface area contributed by atoms with E-state index in [0.29, 0.717) is 23.0 Å². The highest BCUT2D eigenvalue weighted by Gasteiger charge is 2.06. The van der Waals surface area contributed by atoms with Crippen LogP contribution in [0.25, 0.3) is 6.08 Å². The molecule has 5 heteroatoms. The molecule has 1 aromatic carbocycles. The van der Waals surface area contributed by atoms with E-state index in [1.54, 1.807) is 43.1 Å². The first kappa shape index (κ1) is 16.0. The number of hydrogen-bond acceptors (Lipinski definition) is 2. The summed E-state index contributed by atoms with van der Waals surface area (Å²) in [5.74, 6) is -0.128. The van der Waals surface area contributed by atoms with Crippen LogP contribution in [0.5, 0.6) is 0 Å². The monoisotopic (exact) mass is 301 g/mol. The minimum atomic E-state index is -0.411. The van der Waals surface area contributed by atoms with Crippen LogP contribution in [0.2, 0.25) is 10.0 Å². The normalized spacial score (nSPS) is 12.7. The summed E-state index contributed by atoms with van der Waals surface area (Å²) >= 11 is 11.7. The van der Waals surface area contributed by atoms with Gasteiger partial charge in [0, 0.05) is 29.7 Å². The van der Waals surface area contributed by atoms with Crippen LogP contribution in [0.15, 0.2) is 24.3 Å². The fourth-order valence-corrected chi connectivity index (χ4v) is 2.00. The van der Waals surface area contributed by atoms with Gasteiger partial charge >= 0.3 is 0 Å². The Morgan fingerprint density at radius 3 is 2.47 bits per heavy atom. The van der Waals surface area contributed by atoms with E-state index in [4.69, 9.17) is 28.3 Å². The van der Waals surface area contributed by atoms with Crippen LogP contribution in [0.3, 0.4) is 0 Å². The van der Waals surface area contributed by atoms with Gasteiger partial charge in [0.25, 0.3) is 0 Å². The number of carbonyl (C=O) groups excluding carboxylic acids is 1. The van der Waals surface area contributed by atoms with Gasteiger partial charge in [0.15, 0.2) is 0 Å². The number of carbonyl (C=O) groups is 1. The number of aliphatic hydroxyl groups excluding tert-OH is 1. The number of likely N-dealkylation sites (N-methyl/N-ethyl adjacent to an activating group) is 1. The fourth-order valence-electron chi connectivity index (χ4n) is 1.46. The summed E-state index contributed by atoms with van der Waals surface area (Å²) in [6.07, 6.45) is 3.27. The molecule has 1 N–H and O–H groups in total. The van der Waals surface area contributed by atoms with Crippen molar-refractivity contribution in [3.63, 3.8) is 0 Å². The van der Waals surface area contributed by atoms with Crippen LogP contribution in [-0.2, 0) is 4.79 Å². The van der Waals surface area contributed by atoms with E-state index in [-0.39, 0.29) is 5.91 Å². The van der Waals surface area contributed by atoms with E-state index in [9.17, 15) is 4.79 Å². The summed E-state index contributed by atoms with van der Waals surface area (Å²) in [5.41, 5.74) is 0.773. The molecule has 0 fully saturated rings. The molecule has 1 atom stereocenters. The highest BCUT2D eigenvalue weighted by molar-refractivity contribution is 6.34. The second kappa shape index (κ2) is 7.53. The first-order valence-corrected chi connectivity index (χ1v) is 6.71. The van der Waals surface area contributed by atoms with Gasteiger partial charge in [0.2, 0.25) is 5.91 Å². The van der Waals surface area contributed by atoms with Crippen molar-refractivity contribution in [1.82, 2.24) is 4.90 Å². The molecular formula is C14H17Cl2NO2. The largest absolute Gasteiger partial charge is 0.393 e. The Labute approximate surface area is 123 Å². The van der Waals surface area contributed by atoms with Gasteiger partial charge in [0.1, 0.15) is 0 Å². The number of hydrogen-bond donors (Lipinski definition) is 1. The minimum absolute atomic E-state index is 0.128. The second-order valence-electron chi connectivity index (χ2n) is 4.43. The molecule has 104 valence electrons. The molecule has 1 unspecified atom stereocenters. The van der Waals surface area contributed by atoms with Crippen molar-refractivity contribution >= 4 is 35.2 Å². The molecule has 0 aliphatic rings. The van der Waals surface area contributed by atoms with E-state index >= 15 is 0 Å². The molecule has 0 radical (unpaired) electrons. The van der Waals surface area contributed by atoms with E-state index < -0.39 is 6.10 Å². The zero-order valence-corrected chi connectivity index (χ0v) is 12.4. The molecule has 0 bridgehead atoms. The Morgan fingerprint density at radius 2 is 1.95 bits per heavy atom. The molecule has 3 nitrogen and oxygen atoms in total. The molecule has 0 heterocycles. The Balaban J connectivity index is 2.62. The van der Waals surface area contributed by atoms with Gasteiger partial charge in [-0.3, -0.25) is 4.79 Å². The van der Waals surface area contributed by atoms with Crippen molar-refractivity contribution in [2.45, 2.75) is 19.4 Å². The molecule has 0 aliphatic carbocycles. The maximum atomic E-state index is 11.8. The average molecular weight is 302 g/mol. The van der Waals surface area contributed by atoms with E-state index in [1.807, 2.05) is 0 Å². The number of amides is 1. The van der Waals surface area contributed by atoms with Gasteiger partial charge in [-0.2, -0.15) is 0 Å². The Bertz CT molecular complexity index is 452. The predicted octanol–water partition coefficient (Wildman–Crippen LogP) is 3.24. The lowest BCUT2D eigenvalue weighted by Crippen LogP contribution is -2.27. The predicted molar refractivity (Wildman–Crippen MR) is 79.4 cm³/mol. The van der Waals surface area contributed by atoms with Gasteiger partial charge in [-0.25, -0.2) is 0 Å². The lowest BCUT2D eigenvalue weighted by atomic mass is 10.2. The molecule has 1 amide bonds. The summed E-state index contributed by atoms with van der Waals surface area (Å²) < 4.78 is 0. The smallest absolute Gasteiger partial charge is 0.246 e. The molecule has 0 saturated heterocycles. The zero-order chi connectivity index (χ0) is 14.4. The lowest BCUT2D eigenvalue weighted by Gasteiger charge is -2.15. The van der Waals surface area contributed by atoms with E-state index in [2.05, 4.69) is 0 Å². The third kappa shape index (κ3) is 6.10. The molecule has 0 saturated carbocycles. The first-order valence-electron chi connectivity index (χ1n) is 5.96. The van der Waals surface area contributed by atoms with Gasteiger partial charge in [-0.05, 0) is 43.2 Å². The van der Waals surface area contributed by atoms with Gasteiger partial charge in [-0.15, -0.1) is 0 Å². The highest BCUT2D eigenvalue weighted by atomic mass is 35.5. The summed E-state index contributed by atoms with van der Waals surface area (Å²) in [4.78, 5) is 13.3. The topological polar surface area (TPSA) is 40.5 Å². The standard InChI is InChI=1S/C14H17Cl2NO2/c1-10(18)5-6-17(2)14(19)4-3-11-7-12(15)9-13(16)8-11/h3-4,7-10,18H,5-6H2,1-2H3/b4-3+. The van der Waals surface area contributed by atoms with Crippen molar-refractivity contribution in [1.29, 1.82) is 0 Å². The molecule has 19 heavy (non-hydrogen) atoms. The van der Waals surface area contributed by atoms with Crippen LogP contribution >= 0.6 is 23.2 Å². The maximum absolute atomic E-state index is 11.8. The summed E-state index contributed by atoms with van der Waals surface area (Å²) in [6, 6.07) is 5.09. The third-order valence-corrected chi connectivity index (χ3v) is 3.00. The van der Waals surface area contributed by atoms with Crippen molar-refractivity contribution in [2.75, 3.05) is 13.6 Å². The number of rotatable bonds is 5. The average Bonchev–Trinajstić information content (AvgIpc) is 2.31. The number of benzene rings is 1.